The van der Waals surface area contributed by atoms with Crippen molar-refractivity contribution < 1.29 is 8.42 Å². The maximum Gasteiger partial charge on any atom is 0.245 e. The van der Waals surface area contributed by atoms with Gasteiger partial charge in [0.05, 0.1) is 9.67 Å². The van der Waals surface area contributed by atoms with Gasteiger partial charge >= 0.3 is 0 Å². The van der Waals surface area contributed by atoms with Gasteiger partial charge in [-0.2, -0.15) is 4.31 Å². The van der Waals surface area contributed by atoms with Crippen LogP contribution in [-0.4, -0.2) is 24.8 Å². The Morgan fingerprint density at radius 3 is 2.80 bits per heavy atom. The molecule has 0 atom stereocenters. The summed E-state index contributed by atoms with van der Waals surface area (Å²) in [7, 11) is -2.00. The van der Waals surface area contributed by atoms with E-state index in [0.29, 0.717) is 9.67 Å². The van der Waals surface area contributed by atoms with Crippen LogP contribution in [0.2, 0.25) is 0 Å². The zero-order valence-electron chi connectivity index (χ0n) is 10.6. The molecule has 20 heavy (non-hydrogen) atoms. The Morgan fingerprint density at radius 2 is 2.25 bits per heavy atom. The summed E-state index contributed by atoms with van der Waals surface area (Å²) in [4.78, 5) is 5.05. The second-order valence-electron chi connectivity index (χ2n) is 4.11. The Bertz CT molecular complexity index is 689. The molecule has 0 aromatic carbocycles. The topological polar surface area (TPSA) is 50.3 Å². The quantitative estimate of drug-likeness (QED) is 0.728. The van der Waals surface area contributed by atoms with Gasteiger partial charge in [0.25, 0.3) is 0 Å². The predicted octanol–water partition coefficient (Wildman–Crippen LogP) is 3.47. The summed E-state index contributed by atoms with van der Waals surface area (Å²) >= 11 is 10.4. The highest BCUT2D eigenvalue weighted by Crippen LogP contribution is 2.34. The van der Waals surface area contributed by atoms with Crippen LogP contribution in [0.1, 0.15) is 10.4 Å². The summed E-state index contributed by atoms with van der Waals surface area (Å²) in [6.07, 6.45) is 3.30. The molecule has 0 saturated carbocycles. The van der Waals surface area contributed by atoms with Crippen molar-refractivity contribution in [2.24, 2.45) is 0 Å². The molecule has 0 unspecified atom stereocenters. The molecule has 0 aliphatic rings. The van der Waals surface area contributed by atoms with Crippen molar-refractivity contribution in [2.45, 2.75) is 17.3 Å². The van der Waals surface area contributed by atoms with E-state index in [1.54, 1.807) is 31.6 Å². The number of sulfonamides is 1. The van der Waals surface area contributed by atoms with Crippen molar-refractivity contribution in [3.8, 4) is 0 Å². The lowest BCUT2D eigenvalue weighted by atomic mass is 10.3. The molecule has 108 valence electrons. The van der Waals surface area contributed by atoms with E-state index >= 15 is 0 Å². The van der Waals surface area contributed by atoms with Crippen LogP contribution in [0.15, 0.2) is 39.3 Å². The van der Waals surface area contributed by atoms with E-state index in [0.717, 1.165) is 10.4 Å². The van der Waals surface area contributed by atoms with E-state index in [-0.39, 0.29) is 11.4 Å². The molecular weight excluding hydrogens is 384 g/mol. The smallest absolute Gasteiger partial charge is 0.245 e. The highest BCUT2D eigenvalue weighted by Gasteiger charge is 2.25. The van der Waals surface area contributed by atoms with E-state index < -0.39 is 10.0 Å². The largest absolute Gasteiger partial charge is 0.264 e. The third-order valence-corrected chi connectivity index (χ3v) is 7.16. The van der Waals surface area contributed by atoms with Crippen LogP contribution in [0.25, 0.3) is 0 Å². The standard InChI is InChI=1S/C12H12BrClN2O2S2/c1-16(8-9-3-2-4-15-7-9)20(17,18)11-5-10(6-14)19-12(11)13/h2-5,7H,6,8H2,1H3. The number of hydrogen-bond acceptors (Lipinski definition) is 4. The van der Waals surface area contributed by atoms with Gasteiger partial charge in [-0.05, 0) is 33.6 Å². The van der Waals surface area contributed by atoms with Crippen LogP contribution in [0, 0.1) is 0 Å². The highest BCUT2D eigenvalue weighted by molar-refractivity contribution is 9.11. The van der Waals surface area contributed by atoms with Gasteiger partial charge < -0.3 is 0 Å². The van der Waals surface area contributed by atoms with Crippen LogP contribution in [0.4, 0.5) is 0 Å². The van der Waals surface area contributed by atoms with Crippen molar-refractivity contribution in [1.29, 1.82) is 0 Å². The Morgan fingerprint density at radius 1 is 1.50 bits per heavy atom. The minimum atomic E-state index is -3.55. The van der Waals surface area contributed by atoms with Crippen LogP contribution < -0.4 is 0 Å². The molecule has 0 radical (unpaired) electrons. The zero-order chi connectivity index (χ0) is 14.8. The lowest BCUT2D eigenvalue weighted by molar-refractivity contribution is 0.466. The van der Waals surface area contributed by atoms with Crippen molar-refractivity contribution in [2.75, 3.05) is 7.05 Å². The van der Waals surface area contributed by atoms with Crippen molar-refractivity contribution in [3.63, 3.8) is 0 Å². The van der Waals surface area contributed by atoms with Crippen molar-refractivity contribution >= 4 is 48.9 Å². The summed E-state index contributed by atoms with van der Waals surface area (Å²) in [5.74, 6) is 0.297. The number of aromatic nitrogens is 1. The van der Waals surface area contributed by atoms with E-state index in [1.807, 2.05) is 6.07 Å². The first kappa shape index (κ1) is 15.9. The van der Waals surface area contributed by atoms with Crippen molar-refractivity contribution in [1.82, 2.24) is 9.29 Å². The fourth-order valence-electron chi connectivity index (χ4n) is 1.64. The first-order valence-electron chi connectivity index (χ1n) is 5.64. The van der Waals surface area contributed by atoms with Crippen LogP contribution in [-0.2, 0) is 22.4 Å². The van der Waals surface area contributed by atoms with E-state index in [2.05, 4.69) is 20.9 Å². The molecule has 0 saturated heterocycles. The predicted molar refractivity (Wildman–Crippen MR) is 84.5 cm³/mol. The molecular formula is C12H12BrClN2O2S2. The van der Waals surface area contributed by atoms with E-state index in [4.69, 9.17) is 11.6 Å². The van der Waals surface area contributed by atoms with Gasteiger partial charge in [0.1, 0.15) is 4.90 Å². The molecule has 0 N–H and O–H groups in total. The van der Waals surface area contributed by atoms with Gasteiger partial charge in [0, 0.05) is 30.9 Å². The Kier molecular flexibility index (Phi) is 5.19. The monoisotopic (exact) mass is 394 g/mol. The number of halogens is 2. The molecule has 8 heteroatoms. The van der Waals surface area contributed by atoms with Crippen LogP contribution >= 0.6 is 38.9 Å². The highest BCUT2D eigenvalue weighted by atomic mass is 79.9. The van der Waals surface area contributed by atoms with Crippen LogP contribution in [0.3, 0.4) is 0 Å². The summed E-state index contributed by atoms with van der Waals surface area (Å²) in [5, 5.41) is 0. The number of pyridine rings is 1. The molecule has 2 aromatic rings. The molecule has 0 amide bonds. The average Bonchev–Trinajstić information content (AvgIpc) is 2.82. The fraction of sp³-hybridized carbons (Fsp3) is 0.250. The van der Waals surface area contributed by atoms with Gasteiger partial charge in [0.15, 0.2) is 0 Å². The Hall–Kier alpha value is -0.470. The van der Waals surface area contributed by atoms with E-state index in [9.17, 15) is 8.42 Å². The summed E-state index contributed by atoms with van der Waals surface area (Å²) in [6, 6.07) is 5.23. The Balaban J connectivity index is 2.27. The normalized spacial score (nSPS) is 12.0. The van der Waals surface area contributed by atoms with Gasteiger partial charge in [0.2, 0.25) is 10.0 Å². The zero-order valence-corrected chi connectivity index (χ0v) is 14.6. The number of thiophene rings is 1. The molecule has 2 rings (SSSR count). The SMILES string of the molecule is CN(Cc1cccnc1)S(=O)(=O)c1cc(CCl)sc1Br. The average molecular weight is 396 g/mol. The molecule has 0 fully saturated rings. The molecule has 2 aromatic heterocycles. The molecule has 2 heterocycles. The van der Waals surface area contributed by atoms with Crippen LogP contribution in [0.5, 0.6) is 0 Å². The molecule has 0 spiro atoms. The summed E-state index contributed by atoms with van der Waals surface area (Å²) in [6.45, 7) is 0.272. The number of rotatable bonds is 5. The van der Waals surface area contributed by atoms with E-state index in [1.165, 1.54) is 15.6 Å². The fourth-order valence-corrected chi connectivity index (χ4v) is 5.52. The third-order valence-electron chi connectivity index (χ3n) is 2.65. The second-order valence-corrected chi connectivity index (χ2v) is 8.84. The maximum absolute atomic E-state index is 12.5. The first-order valence-corrected chi connectivity index (χ1v) is 9.23. The van der Waals surface area contributed by atoms with Gasteiger partial charge in [-0.1, -0.05) is 6.07 Å². The summed E-state index contributed by atoms with van der Waals surface area (Å²) in [5.41, 5.74) is 0.836. The lowest BCUT2D eigenvalue weighted by Crippen LogP contribution is -2.26. The number of nitrogens with zero attached hydrogens (tertiary/aromatic N) is 2. The molecule has 0 bridgehead atoms. The van der Waals surface area contributed by atoms with Gasteiger partial charge in [-0.15, -0.1) is 22.9 Å². The molecule has 0 aliphatic carbocycles. The minimum absolute atomic E-state index is 0.254. The first-order chi connectivity index (χ1) is 9.45. The maximum atomic E-state index is 12.5. The number of hydrogen-bond donors (Lipinski definition) is 0. The third kappa shape index (κ3) is 3.40. The molecule has 4 nitrogen and oxygen atoms in total. The molecule has 0 aliphatic heterocycles. The lowest BCUT2D eigenvalue weighted by Gasteiger charge is -2.16. The minimum Gasteiger partial charge on any atom is -0.264 e. The Labute approximate surface area is 135 Å². The second kappa shape index (κ2) is 6.53. The van der Waals surface area contributed by atoms with Gasteiger partial charge in [-0.25, -0.2) is 8.42 Å². The number of alkyl halides is 1. The van der Waals surface area contributed by atoms with Crippen molar-refractivity contribution in [3.05, 3.63) is 44.8 Å². The summed E-state index contributed by atoms with van der Waals surface area (Å²) < 4.78 is 26.9. The van der Waals surface area contributed by atoms with Gasteiger partial charge in [-0.3, -0.25) is 4.98 Å².